The molecule has 0 aliphatic rings. The minimum Gasteiger partial charge on any atom is -0.383 e. The Balaban J connectivity index is 2.71. The van der Waals surface area contributed by atoms with Crippen LogP contribution in [0, 0.1) is 0 Å². The third kappa shape index (κ3) is 2.20. The molecular formula is C12H11F3N4O. The topological polar surface area (TPSA) is 86.9 Å². The monoisotopic (exact) mass is 284 g/mol. The zero-order valence-corrected chi connectivity index (χ0v) is 10.4. The number of nitrogens with two attached hydrogens (primary N) is 2. The van der Waals surface area contributed by atoms with Crippen molar-refractivity contribution in [1.82, 2.24) is 9.78 Å². The number of para-hydroxylation sites is 1. The van der Waals surface area contributed by atoms with Gasteiger partial charge in [0.05, 0.1) is 11.3 Å². The summed E-state index contributed by atoms with van der Waals surface area (Å²) in [6.07, 6.45) is -4.57. The molecule has 0 atom stereocenters. The van der Waals surface area contributed by atoms with E-state index in [1.807, 2.05) is 0 Å². The van der Waals surface area contributed by atoms with Gasteiger partial charge in [-0.25, -0.2) is 4.68 Å². The molecule has 0 radical (unpaired) electrons. The minimum absolute atomic E-state index is 0.0815. The van der Waals surface area contributed by atoms with Gasteiger partial charge < -0.3 is 11.5 Å². The summed E-state index contributed by atoms with van der Waals surface area (Å²) in [6.45, 7) is 1.21. The number of anilines is 2. The number of alkyl halides is 3. The lowest BCUT2D eigenvalue weighted by molar-refractivity contribution is -0.137. The van der Waals surface area contributed by atoms with E-state index in [0.29, 0.717) is 0 Å². The van der Waals surface area contributed by atoms with Crippen LogP contribution in [0.2, 0.25) is 0 Å². The van der Waals surface area contributed by atoms with Crippen molar-refractivity contribution < 1.29 is 18.0 Å². The van der Waals surface area contributed by atoms with Crippen LogP contribution in [0.15, 0.2) is 24.3 Å². The van der Waals surface area contributed by atoms with Crippen molar-refractivity contribution in [3.05, 3.63) is 35.4 Å². The molecule has 8 heteroatoms. The Hall–Kier alpha value is -2.51. The highest BCUT2D eigenvalue weighted by Gasteiger charge is 2.34. The maximum Gasteiger partial charge on any atom is 0.418 e. The van der Waals surface area contributed by atoms with Gasteiger partial charge in [-0.05, 0) is 19.1 Å². The number of ketones is 1. The van der Waals surface area contributed by atoms with Crippen molar-refractivity contribution in [2.24, 2.45) is 0 Å². The molecule has 0 fully saturated rings. The van der Waals surface area contributed by atoms with E-state index in [0.717, 1.165) is 10.7 Å². The van der Waals surface area contributed by atoms with Crippen molar-refractivity contribution in [3.63, 3.8) is 0 Å². The molecular weight excluding hydrogens is 273 g/mol. The highest BCUT2D eigenvalue weighted by molar-refractivity contribution is 6.03. The first kappa shape index (κ1) is 13.9. The molecule has 2 rings (SSSR count). The van der Waals surface area contributed by atoms with Crippen LogP contribution in [0.3, 0.4) is 0 Å². The van der Waals surface area contributed by atoms with Crippen LogP contribution in [-0.4, -0.2) is 15.6 Å². The summed E-state index contributed by atoms with van der Waals surface area (Å²) in [5, 5.41) is 3.72. The molecule has 0 amide bonds. The number of rotatable bonds is 2. The van der Waals surface area contributed by atoms with Gasteiger partial charge in [-0.3, -0.25) is 4.79 Å². The Morgan fingerprint density at radius 2 is 1.85 bits per heavy atom. The average Bonchev–Trinajstić information content (AvgIpc) is 2.63. The van der Waals surface area contributed by atoms with Gasteiger partial charge in [0.15, 0.2) is 11.6 Å². The summed E-state index contributed by atoms with van der Waals surface area (Å²) in [7, 11) is 0. The van der Waals surface area contributed by atoms with Crippen molar-refractivity contribution >= 4 is 17.4 Å². The standard InChI is InChI=1S/C12H11F3N4O/c1-6(20)9-10(16)18-19(11(9)17)8-5-3-2-4-7(8)12(13,14)15/h2-5H,17H2,1H3,(H2,16,18). The van der Waals surface area contributed by atoms with Gasteiger partial charge in [0.25, 0.3) is 0 Å². The molecule has 4 N–H and O–H groups in total. The van der Waals surface area contributed by atoms with Gasteiger partial charge in [0, 0.05) is 0 Å². The second-order valence-electron chi connectivity index (χ2n) is 4.13. The van der Waals surface area contributed by atoms with Crippen LogP contribution in [0.5, 0.6) is 0 Å². The van der Waals surface area contributed by atoms with Gasteiger partial charge in [-0.15, -0.1) is 5.10 Å². The van der Waals surface area contributed by atoms with E-state index in [1.165, 1.54) is 25.1 Å². The van der Waals surface area contributed by atoms with Crippen LogP contribution in [0.4, 0.5) is 24.8 Å². The van der Waals surface area contributed by atoms with Crippen molar-refractivity contribution in [3.8, 4) is 5.69 Å². The molecule has 20 heavy (non-hydrogen) atoms. The molecule has 2 aromatic rings. The largest absolute Gasteiger partial charge is 0.418 e. The van der Waals surface area contributed by atoms with Crippen LogP contribution < -0.4 is 11.5 Å². The summed E-state index contributed by atoms with van der Waals surface area (Å²) < 4.78 is 39.7. The lowest BCUT2D eigenvalue weighted by Gasteiger charge is -2.13. The van der Waals surface area contributed by atoms with Gasteiger partial charge in [0.2, 0.25) is 0 Å². The summed E-state index contributed by atoms with van der Waals surface area (Å²) in [5.74, 6) is -0.880. The number of carbonyl (C=O) groups is 1. The summed E-state index contributed by atoms with van der Waals surface area (Å²) >= 11 is 0. The number of nitrogen functional groups attached to an aromatic ring is 2. The Morgan fingerprint density at radius 3 is 2.35 bits per heavy atom. The first-order chi connectivity index (χ1) is 9.23. The third-order valence-corrected chi connectivity index (χ3v) is 2.74. The number of hydrogen-bond acceptors (Lipinski definition) is 4. The van der Waals surface area contributed by atoms with E-state index in [1.54, 1.807) is 0 Å². The predicted molar refractivity (Wildman–Crippen MR) is 67.4 cm³/mol. The van der Waals surface area contributed by atoms with Gasteiger partial charge in [-0.2, -0.15) is 13.2 Å². The molecule has 1 aromatic heterocycles. The maximum atomic E-state index is 13.0. The SMILES string of the molecule is CC(=O)c1c(N)nn(-c2ccccc2C(F)(F)F)c1N. The van der Waals surface area contributed by atoms with Gasteiger partial charge in [0.1, 0.15) is 11.4 Å². The number of aromatic nitrogens is 2. The molecule has 1 aromatic carbocycles. The Labute approximate surface area is 112 Å². The Bertz CT molecular complexity index is 676. The second-order valence-corrected chi connectivity index (χ2v) is 4.13. The third-order valence-electron chi connectivity index (χ3n) is 2.74. The molecule has 0 spiro atoms. The van der Waals surface area contributed by atoms with Crippen LogP contribution in [0.25, 0.3) is 5.69 Å². The van der Waals surface area contributed by atoms with E-state index >= 15 is 0 Å². The van der Waals surface area contributed by atoms with E-state index in [-0.39, 0.29) is 22.9 Å². The van der Waals surface area contributed by atoms with Gasteiger partial charge >= 0.3 is 6.18 Å². The van der Waals surface area contributed by atoms with E-state index in [2.05, 4.69) is 5.10 Å². The van der Waals surface area contributed by atoms with Gasteiger partial charge in [-0.1, -0.05) is 12.1 Å². The number of hydrogen-bond donors (Lipinski definition) is 2. The number of halogens is 3. The fraction of sp³-hybridized carbons (Fsp3) is 0.167. The molecule has 0 saturated carbocycles. The number of nitrogens with zero attached hydrogens (tertiary/aromatic N) is 2. The molecule has 0 aliphatic carbocycles. The van der Waals surface area contributed by atoms with E-state index < -0.39 is 17.5 Å². The Kier molecular flexibility index (Phi) is 3.16. The molecule has 106 valence electrons. The fourth-order valence-electron chi connectivity index (χ4n) is 1.89. The average molecular weight is 284 g/mol. The second kappa shape index (κ2) is 4.55. The van der Waals surface area contributed by atoms with Crippen LogP contribution >= 0.6 is 0 Å². The van der Waals surface area contributed by atoms with Crippen molar-refractivity contribution in [2.45, 2.75) is 13.1 Å². The number of carbonyl (C=O) groups excluding carboxylic acids is 1. The van der Waals surface area contributed by atoms with Crippen LogP contribution in [-0.2, 0) is 6.18 Å². The zero-order valence-electron chi connectivity index (χ0n) is 10.4. The first-order valence-corrected chi connectivity index (χ1v) is 5.55. The highest BCUT2D eigenvalue weighted by atomic mass is 19.4. The van der Waals surface area contributed by atoms with E-state index in [4.69, 9.17) is 11.5 Å². The molecule has 1 heterocycles. The maximum absolute atomic E-state index is 13.0. The lowest BCUT2D eigenvalue weighted by atomic mass is 10.1. The molecule has 0 saturated heterocycles. The highest BCUT2D eigenvalue weighted by Crippen LogP contribution is 2.35. The molecule has 0 unspecified atom stereocenters. The summed E-state index contributed by atoms with van der Waals surface area (Å²) in [5.41, 5.74) is 9.93. The first-order valence-electron chi connectivity index (χ1n) is 5.55. The van der Waals surface area contributed by atoms with Crippen molar-refractivity contribution in [1.29, 1.82) is 0 Å². The Morgan fingerprint density at radius 1 is 1.25 bits per heavy atom. The van der Waals surface area contributed by atoms with Crippen molar-refractivity contribution in [2.75, 3.05) is 11.5 Å². The minimum atomic E-state index is -4.57. The molecule has 0 aliphatic heterocycles. The summed E-state index contributed by atoms with van der Waals surface area (Å²) in [6, 6.07) is 4.77. The van der Waals surface area contributed by atoms with E-state index in [9.17, 15) is 18.0 Å². The molecule has 0 bridgehead atoms. The molecule has 5 nitrogen and oxygen atoms in total. The zero-order chi connectivity index (χ0) is 15.1. The number of Topliss-reactive ketones (excluding diaryl/α,β-unsaturated/α-hetero) is 1. The quantitative estimate of drug-likeness (QED) is 0.828. The van der Waals surface area contributed by atoms with Crippen LogP contribution in [0.1, 0.15) is 22.8 Å². The smallest absolute Gasteiger partial charge is 0.383 e. The normalized spacial score (nSPS) is 11.6. The lowest BCUT2D eigenvalue weighted by Crippen LogP contribution is -2.13. The summed E-state index contributed by atoms with van der Waals surface area (Å²) in [4.78, 5) is 11.4. The predicted octanol–water partition coefficient (Wildman–Crippen LogP) is 2.26. The fourth-order valence-corrected chi connectivity index (χ4v) is 1.89. The number of benzene rings is 1.